The van der Waals surface area contributed by atoms with Gasteiger partial charge in [-0.3, -0.25) is 14.1 Å². The first-order valence-corrected chi connectivity index (χ1v) is 5.33. The van der Waals surface area contributed by atoms with Gasteiger partial charge in [0.15, 0.2) is 18.9 Å². The highest BCUT2D eigenvalue weighted by Gasteiger charge is 2.61. The van der Waals surface area contributed by atoms with Crippen molar-refractivity contribution in [1.82, 2.24) is 9.55 Å². The van der Waals surface area contributed by atoms with Gasteiger partial charge in [0.05, 0.1) is 0 Å². The molecule has 0 aromatic carbocycles. The largest absolute Gasteiger partial charge is 0.390 e. The van der Waals surface area contributed by atoms with Crippen molar-refractivity contribution in [2.75, 3.05) is 12.3 Å². The van der Waals surface area contributed by atoms with Crippen molar-refractivity contribution in [1.29, 1.82) is 0 Å². The molecule has 1 saturated heterocycles. The molecule has 1 aromatic heterocycles. The van der Waals surface area contributed by atoms with Gasteiger partial charge in [-0.1, -0.05) is 0 Å². The number of aromatic nitrogens is 2. The molecular formula is C10H12N4O5. The van der Waals surface area contributed by atoms with Crippen LogP contribution in [-0.2, 0) is 4.74 Å². The van der Waals surface area contributed by atoms with Crippen LogP contribution in [0.2, 0.25) is 0 Å². The Morgan fingerprint density at radius 3 is 2.79 bits per heavy atom. The van der Waals surface area contributed by atoms with Gasteiger partial charge in [-0.25, -0.2) is 11.4 Å². The molecule has 0 saturated carbocycles. The van der Waals surface area contributed by atoms with Gasteiger partial charge in [0.2, 0.25) is 0 Å². The zero-order chi connectivity index (χ0) is 14.2. The van der Waals surface area contributed by atoms with Crippen LogP contribution in [0.15, 0.2) is 17.1 Å². The molecule has 19 heavy (non-hydrogen) atoms. The molecule has 5 N–H and O–H groups in total. The van der Waals surface area contributed by atoms with Crippen LogP contribution in [0.3, 0.4) is 0 Å². The van der Waals surface area contributed by atoms with Crippen molar-refractivity contribution in [2.24, 2.45) is 0 Å². The fourth-order valence-corrected chi connectivity index (χ4v) is 1.87. The molecule has 9 heteroatoms. The van der Waals surface area contributed by atoms with Gasteiger partial charge < -0.3 is 21.1 Å². The van der Waals surface area contributed by atoms with Crippen molar-refractivity contribution in [3.05, 3.63) is 34.2 Å². The number of nitrogens with two attached hydrogens (primary N) is 1. The molecular weight excluding hydrogens is 256 g/mol. The predicted octanol–water partition coefficient (Wildman–Crippen LogP) is -2.32. The number of hydrogen-bond donors (Lipinski definition) is 4. The first-order valence-electron chi connectivity index (χ1n) is 5.33. The van der Waals surface area contributed by atoms with Crippen LogP contribution in [0.4, 0.5) is 5.82 Å². The Hall–Kier alpha value is -1.99. The number of hydrogen-bond acceptors (Lipinski definition) is 7. The van der Waals surface area contributed by atoms with Crippen molar-refractivity contribution < 1.29 is 20.1 Å². The first kappa shape index (κ1) is 13.4. The smallest absolute Gasteiger partial charge is 0.385 e. The normalized spacial score (nSPS) is 34.1. The minimum Gasteiger partial charge on any atom is -0.385 e. The Balaban J connectivity index is 2.43. The average molecular weight is 268 g/mol. The lowest BCUT2D eigenvalue weighted by Gasteiger charge is -2.16. The highest BCUT2D eigenvalue weighted by molar-refractivity contribution is 5.23. The minimum absolute atomic E-state index is 0.00659. The molecule has 0 amide bonds. The van der Waals surface area contributed by atoms with E-state index in [9.17, 15) is 15.0 Å². The number of nitrogen functional groups attached to an aromatic ring is 1. The van der Waals surface area contributed by atoms with Crippen molar-refractivity contribution >= 4 is 5.82 Å². The Morgan fingerprint density at radius 1 is 1.63 bits per heavy atom. The molecule has 1 aromatic rings. The van der Waals surface area contributed by atoms with Gasteiger partial charge in [-0.2, -0.15) is 4.98 Å². The molecule has 1 aliphatic rings. The molecule has 102 valence electrons. The summed E-state index contributed by atoms with van der Waals surface area (Å²) in [7, 11) is 0. The molecule has 1 fully saturated rings. The van der Waals surface area contributed by atoms with Crippen molar-refractivity contribution in [3.63, 3.8) is 0 Å². The second kappa shape index (κ2) is 4.60. The van der Waals surface area contributed by atoms with Crippen LogP contribution in [0.5, 0.6) is 0 Å². The van der Waals surface area contributed by atoms with Crippen LogP contribution in [0.25, 0.3) is 4.85 Å². The van der Waals surface area contributed by atoms with Gasteiger partial charge >= 0.3 is 11.4 Å². The Labute approximate surface area is 107 Å². The molecule has 1 aliphatic heterocycles. The van der Waals surface area contributed by atoms with E-state index in [0.29, 0.717) is 0 Å². The number of ether oxygens (including phenoxy) is 1. The average Bonchev–Trinajstić information content (AvgIpc) is 2.64. The predicted molar refractivity (Wildman–Crippen MR) is 61.5 cm³/mol. The Morgan fingerprint density at radius 2 is 2.32 bits per heavy atom. The van der Waals surface area contributed by atoms with E-state index in [1.54, 1.807) is 0 Å². The lowest BCUT2D eigenvalue weighted by Crippen LogP contribution is -2.43. The second-order valence-electron chi connectivity index (χ2n) is 4.10. The highest BCUT2D eigenvalue weighted by atomic mass is 16.6. The van der Waals surface area contributed by atoms with Crippen LogP contribution in [-0.4, -0.2) is 49.4 Å². The third-order valence-electron chi connectivity index (χ3n) is 2.94. The van der Waals surface area contributed by atoms with E-state index in [4.69, 9.17) is 22.1 Å². The van der Waals surface area contributed by atoms with Crippen LogP contribution < -0.4 is 11.4 Å². The molecule has 0 aliphatic carbocycles. The zero-order valence-corrected chi connectivity index (χ0v) is 9.67. The first-order chi connectivity index (χ1) is 8.95. The van der Waals surface area contributed by atoms with Crippen LogP contribution >= 0.6 is 0 Å². The zero-order valence-electron chi connectivity index (χ0n) is 9.67. The summed E-state index contributed by atoms with van der Waals surface area (Å²) in [6.07, 6.45) is -3.30. The molecule has 0 unspecified atom stereocenters. The van der Waals surface area contributed by atoms with Crippen LogP contribution in [0.1, 0.15) is 6.23 Å². The quantitative estimate of drug-likeness (QED) is 0.442. The maximum atomic E-state index is 11.6. The van der Waals surface area contributed by atoms with E-state index in [1.165, 1.54) is 12.3 Å². The van der Waals surface area contributed by atoms with Crippen molar-refractivity contribution in [2.45, 2.75) is 24.2 Å². The number of aliphatic hydroxyl groups excluding tert-OH is 3. The van der Waals surface area contributed by atoms with Gasteiger partial charge in [-0.05, 0) is 6.07 Å². The highest BCUT2D eigenvalue weighted by Crippen LogP contribution is 2.37. The van der Waals surface area contributed by atoms with Gasteiger partial charge in [0.25, 0.3) is 0 Å². The number of anilines is 1. The lowest BCUT2D eigenvalue weighted by molar-refractivity contribution is -0.101. The van der Waals surface area contributed by atoms with E-state index < -0.39 is 36.5 Å². The van der Waals surface area contributed by atoms with Gasteiger partial charge in [-0.15, -0.1) is 0 Å². The number of aliphatic hydroxyl groups is 3. The third kappa shape index (κ3) is 1.96. The maximum Gasteiger partial charge on any atom is 0.390 e. The monoisotopic (exact) mass is 268 g/mol. The van der Waals surface area contributed by atoms with E-state index in [1.807, 2.05) is 0 Å². The topological polar surface area (TPSA) is 135 Å². The number of rotatable bonds is 2. The maximum absolute atomic E-state index is 11.6. The summed E-state index contributed by atoms with van der Waals surface area (Å²) in [4.78, 5) is 18.1. The number of nitrogens with zero attached hydrogens (tertiary/aromatic N) is 3. The standard InChI is InChI=1S/C10H12N4O5/c1-12-10(4-15)7(17)6(16)8(19-10)14-3-2-5(11)13-9(14)18/h2-3,6-8,15-17H,4H2,(H2,11,13,18)/t6-,7+,8-,10-/m1/s1. The van der Waals surface area contributed by atoms with Gasteiger partial charge in [0.1, 0.15) is 11.9 Å². The van der Waals surface area contributed by atoms with Crippen molar-refractivity contribution in [3.8, 4) is 0 Å². The molecule has 2 rings (SSSR count). The summed E-state index contributed by atoms with van der Waals surface area (Å²) in [5.41, 5.74) is 2.54. The summed E-state index contributed by atoms with van der Waals surface area (Å²) in [5.74, 6) is -0.00659. The lowest BCUT2D eigenvalue weighted by atomic mass is 10.1. The molecule has 2 heterocycles. The molecule has 0 radical (unpaired) electrons. The summed E-state index contributed by atoms with van der Waals surface area (Å²) in [6, 6.07) is 1.31. The second-order valence-corrected chi connectivity index (χ2v) is 4.10. The Bertz CT molecular complexity index is 582. The molecule has 0 bridgehead atoms. The minimum atomic E-state index is -2.00. The molecule has 9 nitrogen and oxygen atoms in total. The van der Waals surface area contributed by atoms with E-state index in [0.717, 1.165) is 4.57 Å². The van der Waals surface area contributed by atoms with E-state index in [2.05, 4.69) is 9.83 Å². The van der Waals surface area contributed by atoms with Crippen LogP contribution in [0, 0.1) is 6.57 Å². The van der Waals surface area contributed by atoms with E-state index >= 15 is 0 Å². The summed E-state index contributed by atoms with van der Waals surface area (Å²) in [5, 5.41) is 28.8. The molecule has 0 spiro atoms. The summed E-state index contributed by atoms with van der Waals surface area (Å²) in [6.45, 7) is 6.14. The fourth-order valence-electron chi connectivity index (χ4n) is 1.87. The van der Waals surface area contributed by atoms with E-state index in [-0.39, 0.29) is 5.82 Å². The molecule has 4 atom stereocenters. The third-order valence-corrected chi connectivity index (χ3v) is 2.94. The summed E-state index contributed by atoms with van der Waals surface area (Å²) >= 11 is 0. The SMILES string of the molecule is [C-]#[N+][C@]1(CO)O[C@@H](n2ccc(N)nc2=O)[C@H](O)[C@@H]1O. The van der Waals surface area contributed by atoms with Gasteiger partial charge in [0, 0.05) is 6.20 Å². The Kier molecular flexibility index (Phi) is 3.25. The fraction of sp³-hybridized carbons (Fsp3) is 0.500. The summed E-state index contributed by atoms with van der Waals surface area (Å²) < 4.78 is 6.05.